The summed E-state index contributed by atoms with van der Waals surface area (Å²) >= 11 is 1.58. The number of para-hydroxylation sites is 1. The number of amides is 1. The van der Waals surface area contributed by atoms with Crippen LogP contribution in [0.5, 0.6) is 0 Å². The predicted octanol–water partition coefficient (Wildman–Crippen LogP) is 5.04. The van der Waals surface area contributed by atoms with Gasteiger partial charge in [-0.25, -0.2) is 0 Å². The van der Waals surface area contributed by atoms with Crippen molar-refractivity contribution in [2.45, 2.75) is 38.8 Å². The van der Waals surface area contributed by atoms with Crippen molar-refractivity contribution in [3.8, 4) is 11.4 Å². The van der Waals surface area contributed by atoms with Crippen LogP contribution in [0.2, 0.25) is 0 Å². The van der Waals surface area contributed by atoms with E-state index < -0.39 is 0 Å². The van der Waals surface area contributed by atoms with E-state index in [9.17, 15) is 9.59 Å². The number of Topliss-reactive ketones (excluding diaryl/α,β-unsaturated/α-hetero) is 1. The Hall–Kier alpha value is -3.13. The number of rotatable bonds is 11. The minimum Gasteiger partial charge on any atom is -0.372 e. The van der Waals surface area contributed by atoms with Gasteiger partial charge >= 0.3 is 0 Å². The van der Waals surface area contributed by atoms with Crippen molar-refractivity contribution in [1.82, 2.24) is 14.8 Å². The normalized spacial score (nSPS) is 10.8. The maximum absolute atomic E-state index is 12.3. The van der Waals surface area contributed by atoms with E-state index in [1.165, 1.54) is 12.6 Å². The predicted molar refractivity (Wildman–Crippen MR) is 135 cm³/mol. The molecule has 0 unspecified atom stereocenters. The molecule has 0 saturated heterocycles. The molecule has 1 N–H and O–H groups in total. The number of carbonyl (C=O) groups is 2. The third kappa shape index (κ3) is 6.22. The highest BCUT2D eigenvalue weighted by Gasteiger charge is 2.13. The highest BCUT2D eigenvalue weighted by atomic mass is 32.2. The number of hydrogen-bond donors (Lipinski definition) is 1. The molecule has 174 valence electrons. The van der Waals surface area contributed by atoms with Crippen LogP contribution in [0.25, 0.3) is 11.4 Å². The molecule has 3 rings (SSSR count). The molecule has 0 bridgehead atoms. The van der Waals surface area contributed by atoms with E-state index in [-0.39, 0.29) is 11.7 Å². The molecule has 0 aliphatic rings. The number of carbonyl (C=O) groups excluding carboxylic acids is 2. The van der Waals surface area contributed by atoms with Crippen molar-refractivity contribution in [3.63, 3.8) is 0 Å². The highest BCUT2D eigenvalue weighted by Crippen LogP contribution is 2.25. The number of ketones is 1. The largest absolute Gasteiger partial charge is 0.372 e. The van der Waals surface area contributed by atoms with Crippen LogP contribution >= 0.6 is 11.8 Å². The van der Waals surface area contributed by atoms with Crippen LogP contribution in [0.15, 0.2) is 53.7 Å². The van der Waals surface area contributed by atoms with Gasteiger partial charge in [0.1, 0.15) is 0 Å². The first-order chi connectivity index (χ1) is 15.9. The number of benzene rings is 2. The molecule has 0 aliphatic carbocycles. The molecule has 1 heterocycles. The van der Waals surface area contributed by atoms with Crippen molar-refractivity contribution in [2.75, 3.05) is 29.1 Å². The van der Waals surface area contributed by atoms with Crippen LogP contribution in [0.4, 0.5) is 11.4 Å². The Labute approximate surface area is 199 Å². The minimum absolute atomic E-state index is 0.0674. The Balaban J connectivity index is 1.52. The van der Waals surface area contributed by atoms with Crippen molar-refractivity contribution in [2.24, 2.45) is 7.05 Å². The van der Waals surface area contributed by atoms with Gasteiger partial charge in [-0.2, -0.15) is 0 Å². The van der Waals surface area contributed by atoms with Gasteiger partial charge in [-0.15, -0.1) is 10.2 Å². The Bertz CT molecular complexity index is 1090. The zero-order valence-electron chi connectivity index (χ0n) is 19.7. The molecule has 0 aliphatic heterocycles. The van der Waals surface area contributed by atoms with Gasteiger partial charge in [-0.1, -0.05) is 23.9 Å². The van der Waals surface area contributed by atoms with Crippen LogP contribution < -0.4 is 10.2 Å². The fourth-order valence-corrected chi connectivity index (χ4v) is 4.46. The van der Waals surface area contributed by atoms with Gasteiger partial charge in [0.15, 0.2) is 16.8 Å². The van der Waals surface area contributed by atoms with Crippen molar-refractivity contribution >= 4 is 34.8 Å². The lowest BCUT2D eigenvalue weighted by Gasteiger charge is -2.21. The summed E-state index contributed by atoms with van der Waals surface area (Å²) in [4.78, 5) is 26.3. The Morgan fingerprint density at radius 2 is 1.73 bits per heavy atom. The second kappa shape index (κ2) is 11.7. The smallest absolute Gasteiger partial charge is 0.224 e. The Morgan fingerprint density at radius 3 is 2.39 bits per heavy atom. The molecule has 0 spiro atoms. The molecule has 0 radical (unpaired) electrons. The zero-order chi connectivity index (χ0) is 23.8. The summed E-state index contributed by atoms with van der Waals surface area (Å²) in [7, 11) is 1.96. The van der Waals surface area contributed by atoms with E-state index in [2.05, 4.69) is 58.5 Å². The molecular formula is C25H31N5O2S. The highest BCUT2D eigenvalue weighted by molar-refractivity contribution is 7.99. The zero-order valence-corrected chi connectivity index (χ0v) is 20.5. The lowest BCUT2D eigenvalue weighted by molar-refractivity contribution is -0.116. The topological polar surface area (TPSA) is 80.1 Å². The van der Waals surface area contributed by atoms with Crippen molar-refractivity contribution < 1.29 is 9.59 Å². The molecular weight excluding hydrogens is 434 g/mol. The number of anilines is 2. The standard InChI is InChI=1S/C25H31N5O2S/c1-5-30(6-2)20-15-13-19(14-16-20)24-27-28-25(29(24)4)33-17-9-12-23(32)26-22-11-8-7-10-21(22)18(3)31/h7-8,10-11,13-16H,5-6,9,12,17H2,1-4H3,(H,26,32). The Morgan fingerprint density at radius 1 is 1.03 bits per heavy atom. The maximum atomic E-state index is 12.3. The summed E-state index contributed by atoms with van der Waals surface area (Å²) in [6.07, 6.45) is 1.07. The SMILES string of the molecule is CCN(CC)c1ccc(-c2nnc(SCCCC(=O)Nc3ccccc3C(C)=O)n2C)cc1. The molecule has 1 amide bonds. The van der Waals surface area contributed by atoms with E-state index in [1.807, 2.05) is 11.6 Å². The van der Waals surface area contributed by atoms with Crippen LogP contribution in [0.3, 0.4) is 0 Å². The summed E-state index contributed by atoms with van der Waals surface area (Å²) in [5.41, 5.74) is 3.31. The van der Waals surface area contributed by atoms with Gasteiger partial charge in [0.2, 0.25) is 5.91 Å². The second-order valence-corrected chi connectivity index (χ2v) is 8.75. The maximum Gasteiger partial charge on any atom is 0.224 e. The molecule has 0 fully saturated rings. The number of nitrogens with zero attached hydrogens (tertiary/aromatic N) is 4. The van der Waals surface area contributed by atoms with Crippen LogP contribution in [-0.4, -0.2) is 45.3 Å². The van der Waals surface area contributed by atoms with E-state index in [0.717, 1.165) is 35.4 Å². The number of nitrogens with one attached hydrogen (secondary N) is 1. The van der Waals surface area contributed by atoms with Gasteiger partial charge in [0, 0.05) is 49.1 Å². The quantitative estimate of drug-likeness (QED) is 0.243. The molecule has 2 aromatic carbocycles. The molecule has 0 atom stereocenters. The minimum atomic E-state index is -0.101. The third-order valence-corrected chi connectivity index (χ3v) is 6.56. The average Bonchev–Trinajstić information content (AvgIpc) is 3.18. The molecule has 1 aromatic heterocycles. The molecule has 33 heavy (non-hydrogen) atoms. The van der Waals surface area contributed by atoms with E-state index >= 15 is 0 Å². The van der Waals surface area contributed by atoms with Gasteiger partial charge in [-0.3, -0.25) is 9.59 Å². The average molecular weight is 466 g/mol. The van der Waals surface area contributed by atoms with Gasteiger partial charge < -0.3 is 14.8 Å². The first-order valence-corrected chi connectivity index (χ1v) is 12.2. The van der Waals surface area contributed by atoms with E-state index in [0.29, 0.717) is 24.1 Å². The summed E-state index contributed by atoms with van der Waals surface area (Å²) in [5, 5.41) is 12.4. The van der Waals surface area contributed by atoms with Crippen LogP contribution in [0.1, 0.15) is 44.0 Å². The van der Waals surface area contributed by atoms with Gasteiger partial charge in [-0.05, 0) is 63.6 Å². The Kier molecular flexibility index (Phi) is 8.65. The molecule has 0 saturated carbocycles. The summed E-state index contributed by atoms with van der Waals surface area (Å²) in [5.74, 6) is 1.40. The van der Waals surface area contributed by atoms with E-state index in [4.69, 9.17) is 0 Å². The summed E-state index contributed by atoms with van der Waals surface area (Å²) < 4.78 is 1.99. The molecule has 3 aromatic rings. The van der Waals surface area contributed by atoms with E-state index in [1.54, 1.807) is 36.0 Å². The van der Waals surface area contributed by atoms with Gasteiger partial charge in [0.25, 0.3) is 0 Å². The first kappa shape index (κ1) is 24.5. The van der Waals surface area contributed by atoms with Gasteiger partial charge in [0.05, 0.1) is 5.69 Å². The lowest BCUT2D eigenvalue weighted by Crippen LogP contribution is -2.21. The number of thioether (sulfide) groups is 1. The second-order valence-electron chi connectivity index (χ2n) is 7.69. The first-order valence-electron chi connectivity index (χ1n) is 11.2. The molecule has 8 heteroatoms. The van der Waals surface area contributed by atoms with Crippen molar-refractivity contribution in [3.05, 3.63) is 54.1 Å². The molecule has 7 nitrogen and oxygen atoms in total. The monoisotopic (exact) mass is 465 g/mol. The van der Waals surface area contributed by atoms with Crippen LogP contribution in [0, 0.1) is 0 Å². The third-order valence-electron chi connectivity index (χ3n) is 5.45. The lowest BCUT2D eigenvalue weighted by atomic mass is 10.1. The van der Waals surface area contributed by atoms with Crippen LogP contribution in [-0.2, 0) is 11.8 Å². The fraction of sp³-hybridized carbons (Fsp3) is 0.360. The van der Waals surface area contributed by atoms with Crippen molar-refractivity contribution in [1.29, 1.82) is 0 Å². The fourth-order valence-electron chi connectivity index (χ4n) is 3.61. The number of hydrogen-bond acceptors (Lipinski definition) is 6. The number of aromatic nitrogens is 3. The summed E-state index contributed by atoms with van der Waals surface area (Å²) in [6.45, 7) is 7.75. The summed E-state index contributed by atoms with van der Waals surface area (Å²) in [6, 6.07) is 15.5.